The van der Waals surface area contributed by atoms with Crippen LogP contribution in [-0.4, -0.2) is 37.7 Å². The largest absolute Gasteiger partial charge is 0.338 e. The van der Waals surface area contributed by atoms with Gasteiger partial charge in [-0.25, -0.2) is 4.98 Å². The molecule has 6 nitrogen and oxygen atoms in total. The average Bonchev–Trinajstić information content (AvgIpc) is 3.19. The summed E-state index contributed by atoms with van der Waals surface area (Å²) in [7, 11) is 0. The number of hydrogen-bond acceptors (Lipinski definition) is 5. The van der Waals surface area contributed by atoms with Gasteiger partial charge in [0.15, 0.2) is 5.82 Å². The Morgan fingerprint density at radius 1 is 1.50 bits per heavy atom. The van der Waals surface area contributed by atoms with Crippen molar-refractivity contribution < 1.29 is 4.52 Å². The third-order valence-electron chi connectivity index (χ3n) is 3.96. The standard InChI is InChI=1S/C14H21N5O/c1-3-7-18-8-4-5-12(18)14-16-13(17-20-14)11(2)19-9-6-15-10-19/h6,9-12H,3-5,7-8H2,1-2H3. The first-order chi connectivity index (χ1) is 9.79. The highest BCUT2D eigenvalue weighted by molar-refractivity contribution is 5.01. The van der Waals surface area contributed by atoms with Crippen molar-refractivity contribution in [2.45, 2.75) is 45.2 Å². The van der Waals surface area contributed by atoms with Gasteiger partial charge in [-0.3, -0.25) is 4.90 Å². The Morgan fingerprint density at radius 3 is 3.15 bits per heavy atom. The van der Waals surface area contributed by atoms with Gasteiger partial charge < -0.3 is 9.09 Å². The van der Waals surface area contributed by atoms with Crippen molar-refractivity contribution in [2.75, 3.05) is 13.1 Å². The quantitative estimate of drug-likeness (QED) is 0.838. The zero-order valence-corrected chi connectivity index (χ0v) is 12.1. The van der Waals surface area contributed by atoms with Crippen molar-refractivity contribution in [3.8, 4) is 0 Å². The summed E-state index contributed by atoms with van der Waals surface area (Å²) in [6, 6.07) is 0.349. The Balaban J connectivity index is 1.76. The lowest BCUT2D eigenvalue weighted by atomic mass is 10.2. The monoisotopic (exact) mass is 275 g/mol. The highest BCUT2D eigenvalue weighted by Gasteiger charge is 2.30. The molecule has 0 aliphatic carbocycles. The molecule has 20 heavy (non-hydrogen) atoms. The van der Waals surface area contributed by atoms with Gasteiger partial charge in [-0.15, -0.1) is 0 Å². The highest BCUT2D eigenvalue weighted by Crippen LogP contribution is 2.31. The summed E-state index contributed by atoms with van der Waals surface area (Å²) in [5.41, 5.74) is 0. The van der Waals surface area contributed by atoms with E-state index in [9.17, 15) is 0 Å². The van der Waals surface area contributed by atoms with Crippen LogP contribution in [0.4, 0.5) is 0 Å². The minimum atomic E-state index is 0.0519. The molecule has 2 atom stereocenters. The summed E-state index contributed by atoms with van der Waals surface area (Å²) in [5.74, 6) is 1.49. The van der Waals surface area contributed by atoms with E-state index in [0.717, 1.165) is 37.6 Å². The molecule has 1 aliphatic heterocycles. The zero-order valence-electron chi connectivity index (χ0n) is 12.1. The van der Waals surface area contributed by atoms with Crippen LogP contribution in [0.15, 0.2) is 23.2 Å². The second kappa shape index (κ2) is 5.75. The molecule has 0 saturated carbocycles. The second-order valence-corrected chi connectivity index (χ2v) is 5.37. The summed E-state index contributed by atoms with van der Waals surface area (Å²) in [6.07, 6.45) is 8.93. The molecule has 108 valence electrons. The predicted molar refractivity (Wildman–Crippen MR) is 74.2 cm³/mol. The van der Waals surface area contributed by atoms with Crippen molar-refractivity contribution in [2.24, 2.45) is 0 Å². The molecule has 1 saturated heterocycles. The number of imidazole rings is 1. The van der Waals surface area contributed by atoms with Crippen LogP contribution in [0.2, 0.25) is 0 Å². The fourth-order valence-corrected chi connectivity index (χ4v) is 2.84. The number of rotatable bonds is 5. The van der Waals surface area contributed by atoms with Crippen LogP contribution in [0.3, 0.4) is 0 Å². The van der Waals surface area contributed by atoms with Gasteiger partial charge >= 0.3 is 0 Å². The lowest BCUT2D eigenvalue weighted by molar-refractivity contribution is 0.208. The minimum absolute atomic E-state index is 0.0519. The number of aromatic nitrogens is 4. The molecule has 0 amide bonds. The van der Waals surface area contributed by atoms with Gasteiger partial charge in [0.05, 0.1) is 18.4 Å². The van der Waals surface area contributed by atoms with Gasteiger partial charge in [0, 0.05) is 12.4 Å². The molecule has 3 rings (SSSR count). The van der Waals surface area contributed by atoms with E-state index in [4.69, 9.17) is 4.52 Å². The number of hydrogen-bond donors (Lipinski definition) is 0. The highest BCUT2D eigenvalue weighted by atomic mass is 16.5. The molecule has 2 aromatic heterocycles. The molecular weight excluding hydrogens is 254 g/mol. The van der Waals surface area contributed by atoms with Crippen LogP contribution >= 0.6 is 0 Å². The summed E-state index contributed by atoms with van der Waals surface area (Å²) in [5, 5.41) is 4.15. The topological polar surface area (TPSA) is 60.0 Å². The van der Waals surface area contributed by atoms with Crippen molar-refractivity contribution in [3.63, 3.8) is 0 Å². The Morgan fingerprint density at radius 2 is 2.40 bits per heavy atom. The van der Waals surface area contributed by atoms with Crippen LogP contribution in [0.5, 0.6) is 0 Å². The zero-order chi connectivity index (χ0) is 13.9. The van der Waals surface area contributed by atoms with Gasteiger partial charge in [0.25, 0.3) is 0 Å². The van der Waals surface area contributed by atoms with E-state index >= 15 is 0 Å². The molecule has 3 heterocycles. The Kier molecular flexibility index (Phi) is 3.82. The number of nitrogens with zero attached hydrogens (tertiary/aromatic N) is 5. The second-order valence-electron chi connectivity index (χ2n) is 5.37. The normalized spacial score (nSPS) is 21.4. The van der Waals surface area contributed by atoms with E-state index in [1.807, 2.05) is 10.8 Å². The predicted octanol–water partition coefficient (Wildman–Crippen LogP) is 2.42. The molecule has 0 aromatic carbocycles. The first-order valence-corrected chi connectivity index (χ1v) is 7.34. The smallest absolute Gasteiger partial charge is 0.244 e. The summed E-state index contributed by atoms with van der Waals surface area (Å²) >= 11 is 0. The summed E-state index contributed by atoms with van der Waals surface area (Å²) in [4.78, 5) is 11.1. The maximum Gasteiger partial charge on any atom is 0.244 e. The van der Waals surface area contributed by atoms with Crippen LogP contribution in [-0.2, 0) is 0 Å². The van der Waals surface area contributed by atoms with E-state index in [1.54, 1.807) is 12.5 Å². The van der Waals surface area contributed by atoms with Crippen molar-refractivity contribution in [1.82, 2.24) is 24.6 Å². The fourth-order valence-electron chi connectivity index (χ4n) is 2.84. The van der Waals surface area contributed by atoms with Gasteiger partial charge in [-0.1, -0.05) is 12.1 Å². The Labute approximate surface area is 118 Å². The van der Waals surface area contributed by atoms with E-state index < -0.39 is 0 Å². The molecule has 0 bridgehead atoms. The maximum absolute atomic E-state index is 5.51. The van der Waals surface area contributed by atoms with Crippen molar-refractivity contribution in [1.29, 1.82) is 0 Å². The first-order valence-electron chi connectivity index (χ1n) is 7.34. The van der Waals surface area contributed by atoms with E-state index in [0.29, 0.717) is 6.04 Å². The van der Waals surface area contributed by atoms with Crippen LogP contribution in [0, 0.1) is 0 Å². The van der Waals surface area contributed by atoms with Crippen molar-refractivity contribution in [3.05, 3.63) is 30.4 Å². The van der Waals surface area contributed by atoms with Gasteiger partial charge in [0.2, 0.25) is 5.89 Å². The molecule has 1 fully saturated rings. The molecule has 0 spiro atoms. The summed E-state index contributed by atoms with van der Waals surface area (Å²) in [6.45, 7) is 6.48. The van der Waals surface area contributed by atoms with Crippen LogP contribution in [0.25, 0.3) is 0 Å². The van der Waals surface area contributed by atoms with E-state index in [1.165, 1.54) is 6.42 Å². The van der Waals surface area contributed by atoms with Gasteiger partial charge in [-0.2, -0.15) is 4.98 Å². The average molecular weight is 275 g/mol. The molecule has 6 heteroatoms. The molecule has 2 unspecified atom stereocenters. The molecule has 2 aromatic rings. The Bertz CT molecular complexity index is 536. The summed E-state index contributed by atoms with van der Waals surface area (Å²) < 4.78 is 7.49. The third kappa shape index (κ3) is 2.47. The molecule has 1 aliphatic rings. The van der Waals surface area contributed by atoms with E-state index in [-0.39, 0.29) is 6.04 Å². The van der Waals surface area contributed by atoms with Crippen molar-refractivity contribution >= 4 is 0 Å². The first kappa shape index (κ1) is 13.3. The molecule has 0 N–H and O–H groups in total. The van der Waals surface area contributed by atoms with Gasteiger partial charge in [0.1, 0.15) is 0 Å². The van der Waals surface area contributed by atoms with Crippen LogP contribution in [0.1, 0.15) is 56.9 Å². The molecule has 0 radical (unpaired) electrons. The fraction of sp³-hybridized carbons (Fsp3) is 0.643. The Hall–Kier alpha value is -1.69. The SMILES string of the molecule is CCCN1CCCC1c1nc(C(C)n2ccnc2)no1. The van der Waals surface area contributed by atoms with Crippen LogP contribution < -0.4 is 0 Å². The maximum atomic E-state index is 5.51. The third-order valence-corrected chi connectivity index (χ3v) is 3.96. The lowest BCUT2D eigenvalue weighted by Gasteiger charge is -2.20. The lowest BCUT2D eigenvalue weighted by Crippen LogP contribution is -2.24. The van der Waals surface area contributed by atoms with Gasteiger partial charge in [-0.05, 0) is 39.3 Å². The number of likely N-dealkylation sites (tertiary alicyclic amines) is 1. The molecular formula is C14H21N5O. The minimum Gasteiger partial charge on any atom is -0.338 e. The van der Waals surface area contributed by atoms with E-state index in [2.05, 4.69) is 33.9 Å².